The molecule has 2 aromatic carbocycles. The Morgan fingerprint density at radius 1 is 1.14 bits per heavy atom. The highest BCUT2D eigenvalue weighted by atomic mass is 32.1. The minimum absolute atomic E-state index is 0.0474. The number of carbonyl (C=O) groups excluding carboxylic acids is 1. The van der Waals surface area contributed by atoms with Crippen molar-refractivity contribution in [2.45, 2.75) is 25.8 Å². The highest BCUT2D eigenvalue weighted by Gasteiger charge is 2.21. The molecular formula is C22H21N3O2S. The standard InChI is InChI=1S/C22H21N3O2S/c1-15(22-24-17-10-6-7-11-19(17)28-22)25(2)21(26)13-12-20-23-14-18(27-20)16-8-4-3-5-9-16/h3-11,14-15H,12-13H2,1-2H3. The van der Waals surface area contributed by atoms with E-state index in [2.05, 4.69) is 16.0 Å². The summed E-state index contributed by atoms with van der Waals surface area (Å²) >= 11 is 1.63. The number of rotatable bonds is 6. The molecule has 2 heterocycles. The Balaban J connectivity index is 1.38. The van der Waals surface area contributed by atoms with Gasteiger partial charge in [0.2, 0.25) is 5.91 Å². The number of hydrogen-bond acceptors (Lipinski definition) is 5. The molecule has 142 valence electrons. The zero-order valence-electron chi connectivity index (χ0n) is 15.8. The van der Waals surface area contributed by atoms with E-state index in [-0.39, 0.29) is 11.9 Å². The summed E-state index contributed by atoms with van der Waals surface area (Å²) in [6, 6.07) is 17.8. The van der Waals surface area contributed by atoms with Crippen LogP contribution < -0.4 is 0 Å². The number of nitrogens with zero attached hydrogens (tertiary/aromatic N) is 3. The summed E-state index contributed by atoms with van der Waals surface area (Å²) in [7, 11) is 1.82. The van der Waals surface area contributed by atoms with Gasteiger partial charge in [-0.3, -0.25) is 4.79 Å². The van der Waals surface area contributed by atoms with Crippen LogP contribution in [-0.4, -0.2) is 27.8 Å². The molecule has 0 bridgehead atoms. The maximum Gasteiger partial charge on any atom is 0.223 e. The molecule has 0 aliphatic rings. The molecule has 6 heteroatoms. The first kappa shape index (κ1) is 18.4. The minimum atomic E-state index is -0.0747. The lowest BCUT2D eigenvalue weighted by Gasteiger charge is -2.23. The smallest absolute Gasteiger partial charge is 0.223 e. The number of aromatic nitrogens is 2. The summed E-state index contributed by atoms with van der Waals surface area (Å²) < 4.78 is 6.93. The van der Waals surface area contributed by atoms with E-state index in [0.717, 1.165) is 26.5 Å². The molecule has 1 atom stereocenters. The second kappa shape index (κ2) is 7.94. The molecule has 4 rings (SSSR count). The van der Waals surface area contributed by atoms with E-state index >= 15 is 0 Å². The fraction of sp³-hybridized carbons (Fsp3) is 0.227. The van der Waals surface area contributed by atoms with Crippen LogP contribution in [0.5, 0.6) is 0 Å². The van der Waals surface area contributed by atoms with Crippen molar-refractivity contribution in [3.8, 4) is 11.3 Å². The molecule has 0 aliphatic heterocycles. The highest BCUT2D eigenvalue weighted by molar-refractivity contribution is 7.18. The summed E-state index contributed by atoms with van der Waals surface area (Å²) in [5.41, 5.74) is 1.96. The molecular weight excluding hydrogens is 370 g/mol. The van der Waals surface area contributed by atoms with Gasteiger partial charge < -0.3 is 9.32 Å². The number of aryl methyl sites for hydroxylation is 1. The van der Waals surface area contributed by atoms with Crippen LogP contribution in [0, 0.1) is 0 Å². The number of carbonyl (C=O) groups is 1. The van der Waals surface area contributed by atoms with Crippen molar-refractivity contribution >= 4 is 27.5 Å². The Kier molecular flexibility index (Phi) is 5.21. The number of fused-ring (bicyclic) bond motifs is 1. The van der Waals surface area contributed by atoms with E-state index in [4.69, 9.17) is 4.42 Å². The van der Waals surface area contributed by atoms with Crippen LogP contribution in [0.4, 0.5) is 0 Å². The van der Waals surface area contributed by atoms with Crippen molar-refractivity contribution in [1.82, 2.24) is 14.9 Å². The van der Waals surface area contributed by atoms with Gasteiger partial charge in [0.15, 0.2) is 11.7 Å². The van der Waals surface area contributed by atoms with Crippen LogP contribution in [-0.2, 0) is 11.2 Å². The summed E-state index contributed by atoms with van der Waals surface area (Å²) in [5.74, 6) is 1.35. The number of benzene rings is 2. The molecule has 0 saturated carbocycles. The topological polar surface area (TPSA) is 59.2 Å². The minimum Gasteiger partial charge on any atom is -0.441 e. The maximum atomic E-state index is 12.7. The molecule has 0 radical (unpaired) electrons. The number of para-hydroxylation sites is 1. The van der Waals surface area contributed by atoms with Gasteiger partial charge in [-0.05, 0) is 19.1 Å². The second-order valence-corrected chi connectivity index (χ2v) is 7.75. The van der Waals surface area contributed by atoms with Gasteiger partial charge in [-0.15, -0.1) is 11.3 Å². The van der Waals surface area contributed by atoms with Crippen LogP contribution in [0.1, 0.15) is 30.3 Å². The molecule has 1 amide bonds. The van der Waals surface area contributed by atoms with Gasteiger partial charge in [-0.2, -0.15) is 0 Å². The number of hydrogen-bond donors (Lipinski definition) is 0. The fourth-order valence-corrected chi connectivity index (χ4v) is 4.07. The van der Waals surface area contributed by atoms with Gasteiger partial charge in [-0.25, -0.2) is 9.97 Å². The largest absolute Gasteiger partial charge is 0.441 e. The van der Waals surface area contributed by atoms with Crippen LogP contribution in [0.2, 0.25) is 0 Å². The van der Waals surface area contributed by atoms with Crippen molar-refractivity contribution in [2.24, 2.45) is 0 Å². The van der Waals surface area contributed by atoms with Crippen molar-refractivity contribution in [3.63, 3.8) is 0 Å². The number of oxazole rings is 1. The maximum absolute atomic E-state index is 12.7. The summed E-state index contributed by atoms with van der Waals surface area (Å²) in [4.78, 5) is 23.4. The Bertz CT molecular complexity index is 1050. The SMILES string of the molecule is CC(c1nc2ccccc2s1)N(C)C(=O)CCc1ncc(-c2ccccc2)o1. The van der Waals surface area contributed by atoms with Crippen LogP contribution in [0.3, 0.4) is 0 Å². The van der Waals surface area contributed by atoms with Crippen molar-refractivity contribution in [1.29, 1.82) is 0 Å². The van der Waals surface area contributed by atoms with E-state index in [1.807, 2.05) is 62.5 Å². The zero-order chi connectivity index (χ0) is 19.5. The van der Waals surface area contributed by atoms with Gasteiger partial charge >= 0.3 is 0 Å². The summed E-state index contributed by atoms with van der Waals surface area (Å²) in [6.07, 6.45) is 2.53. The van der Waals surface area contributed by atoms with E-state index in [0.29, 0.717) is 18.7 Å². The molecule has 0 N–H and O–H groups in total. The van der Waals surface area contributed by atoms with Crippen LogP contribution in [0.25, 0.3) is 21.5 Å². The first-order valence-electron chi connectivity index (χ1n) is 9.23. The average molecular weight is 391 g/mol. The average Bonchev–Trinajstić information content (AvgIpc) is 3.38. The van der Waals surface area contributed by atoms with E-state index in [1.165, 1.54) is 0 Å². The van der Waals surface area contributed by atoms with Gasteiger partial charge in [0.1, 0.15) is 5.01 Å². The Hall–Kier alpha value is -2.99. The molecule has 0 fully saturated rings. The predicted octanol–water partition coefficient (Wildman–Crippen LogP) is 5.10. The number of thiazole rings is 1. The third kappa shape index (κ3) is 3.82. The molecule has 28 heavy (non-hydrogen) atoms. The molecule has 0 spiro atoms. The van der Waals surface area contributed by atoms with Gasteiger partial charge in [-0.1, -0.05) is 42.5 Å². The van der Waals surface area contributed by atoms with Gasteiger partial charge in [0.05, 0.1) is 22.5 Å². The molecule has 1 unspecified atom stereocenters. The third-order valence-corrected chi connectivity index (χ3v) is 6.01. The first-order chi connectivity index (χ1) is 13.6. The molecule has 0 saturated heterocycles. The van der Waals surface area contributed by atoms with Crippen molar-refractivity contribution < 1.29 is 9.21 Å². The van der Waals surface area contributed by atoms with Crippen molar-refractivity contribution in [2.75, 3.05) is 7.05 Å². The lowest BCUT2D eigenvalue weighted by atomic mass is 10.2. The third-order valence-electron chi connectivity index (χ3n) is 4.81. The Morgan fingerprint density at radius 2 is 1.89 bits per heavy atom. The number of amides is 1. The molecule has 0 aliphatic carbocycles. The Labute approximate surface area is 167 Å². The summed E-state index contributed by atoms with van der Waals surface area (Å²) in [6.45, 7) is 2.01. The van der Waals surface area contributed by atoms with E-state index in [1.54, 1.807) is 22.4 Å². The predicted molar refractivity (Wildman–Crippen MR) is 111 cm³/mol. The summed E-state index contributed by atoms with van der Waals surface area (Å²) in [5, 5.41) is 0.944. The van der Waals surface area contributed by atoms with Crippen molar-refractivity contribution in [3.05, 3.63) is 71.7 Å². The van der Waals surface area contributed by atoms with E-state index in [9.17, 15) is 4.79 Å². The lowest BCUT2D eigenvalue weighted by Crippen LogP contribution is -2.29. The quantitative estimate of drug-likeness (QED) is 0.459. The second-order valence-electron chi connectivity index (χ2n) is 6.68. The van der Waals surface area contributed by atoms with Gasteiger partial charge in [0.25, 0.3) is 0 Å². The van der Waals surface area contributed by atoms with Crippen LogP contribution in [0.15, 0.2) is 65.2 Å². The lowest BCUT2D eigenvalue weighted by molar-refractivity contribution is -0.131. The molecule has 4 aromatic rings. The highest BCUT2D eigenvalue weighted by Crippen LogP contribution is 2.29. The molecule has 5 nitrogen and oxygen atoms in total. The first-order valence-corrected chi connectivity index (χ1v) is 10.0. The monoisotopic (exact) mass is 391 g/mol. The fourth-order valence-electron chi connectivity index (χ4n) is 3.00. The Morgan fingerprint density at radius 3 is 2.68 bits per heavy atom. The van der Waals surface area contributed by atoms with Crippen LogP contribution >= 0.6 is 11.3 Å². The van der Waals surface area contributed by atoms with Gasteiger partial charge in [0, 0.05) is 25.5 Å². The normalized spacial score (nSPS) is 12.2. The van der Waals surface area contributed by atoms with E-state index < -0.39 is 0 Å². The zero-order valence-corrected chi connectivity index (χ0v) is 16.6. The molecule has 2 aromatic heterocycles.